The highest BCUT2D eigenvalue weighted by Crippen LogP contribution is 2.37. The Balaban J connectivity index is 1.67. The maximum absolute atomic E-state index is 10.1. The highest BCUT2D eigenvalue weighted by molar-refractivity contribution is 4.96. The Labute approximate surface area is 99.7 Å². The van der Waals surface area contributed by atoms with Crippen molar-refractivity contribution in [3.05, 3.63) is 0 Å². The van der Waals surface area contributed by atoms with Gasteiger partial charge < -0.3 is 28.8 Å². The lowest BCUT2D eigenvalue weighted by atomic mass is 10.1. The molecule has 0 radical (unpaired) electrons. The number of hydrogen-bond acceptors (Lipinski definition) is 6. The third kappa shape index (κ3) is 1.99. The van der Waals surface area contributed by atoms with Crippen LogP contribution in [0.1, 0.15) is 20.8 Å². The fraction of sp³-hybridized carbons (Fsp3) is 1.00. The third-order valence-electron chi connectivity index (χ3n) is 3.30. The standard InChI is InChI=1S/C11H18O6/c1-5-14-9-7(12)8(16-10(9)15-5)6-4-13-11(2,3)17-6/h5-10,12H,4H2,1-3H3/t5?,6-,7-,8+,9-,10+/m1/s1. The van der Waals surface area contributed by atoms with Crippen LogP contribution in [0.25, 0.3) is 0 Å². The average Bonchev–Trinajstić information content (AvgIpc) is 2.83. The van der Waals surface area contributed by atoms with Crippen molar-refractivity contribution in [3.63, 3.8) is 0 Å². The molecule has 0 bridgehead atoms. The SMILES string of the molecule is CC1O[C@H]2O[C@@H]([C@H]3COC(C)(C)O3)[C@@H](O)[C@H]2O1. The minimum absolute atomic E-state index is 0.284. The Hall–Kier alpha value is -0.240. The Morgan fingerprint density at radius 1 is 1.12 bits per heavy atom. The lowest BCUT2D eigenvalue weighted by molar-refractivity contribution is -0.199. The molecule has 0 amide bonds. The largest absolute Gasteiger partial charge is 0.387 e. The number of aliphatic hydroxyl groups excluding tert-OH is 1. The molecular weight excluding hydrogens is 228 g/mol. The van der Waals surface area contributed by atoms with Crippen LogP contribution in [-0.2, 0) is 23.7 Å². The van der Waals surface area contributed by atoms with Gasteiger partial charge in [0.05, 0.1) is 6.61 Å². The van der Waals surface area contributed by atoms with Gasteiger partial charge in [-0.1, -0.05) is 0 Å². The van der Waals surface area contributed by atoms with Gasteiger partial charge in [-0.05, 0) is 20.8 Å². The molecule has 6 atom stereocenters. The smallest absolute Gasteiger partial charge is 0.190 e. The van der Waals surface area contributed by atoms with Crippen molar-refractivity contribution < 1.29 is 28.8 Å². The topological polar surface area (TPSA) is 66.4 Å². The summed E-state index contributed by atoms with van der Waals surface area (Å²) in [6.45, 7) is 5.86. The van der Waals surface area contributed by atoms with E-state index in [4.69, 9.17) is 23.7 Å². The second kappa shape index (κ2) is 3.88. The van der Waals surface area contributed by atoms with E-state index >= 15 is 0 Å². The molecule has 3 rings (SSSR count). The second-order valence-corrected chi connectivity index (χ2v) is 5.13. The molecule has 1 unspecified atom stereocenters. The summed E-state index contributed by atoms with van der Waals surface area (Å²) in [5, 5.41) is 10.1. The number of fused-ring (bicyclic) bond motifs is 1. The number of ether oxygens (including phenoxy) is 5. The molecule has 3 heterocycles. The second-order valence-electron chi connectivity index (χ2n) is 5.13. The summed E-state index contributed by atoms with van der Waals surface area (Å²) in [7, 11) is 0. The zero-order valence-corrected chi connectivity index (χ0v) is 10.2. The fourth-order valence-electron chi connectivity index (χ4n) is 2.54. The van der Waals surface area contributed by atoms with Gasteiger partial charge in [0, 0.05) is 0 Å². The van der Waals surface area contributed by atoms with E-state index in [2.05, 4.69) is 0 Å². The predicted octanol–water partition coefficient (Wildman–Crippen LogP) is -0.0149. The molecule has 0 aliphatic carbocycles. The van der Waals surface area contributed by atoms with Crippen molar-refractivity contribution in [3.8, 4) is 0 Å². The molecule has 3 aliphatic heterocycles. The van der Waals surface area contributed by atoms with E-state index in [1.807, 2.05) is 13.8 Å². The first-order valence-corrected chi connectivity index (χ1v) is 5.92. The quantitative estimate of drug-likeness (QED) is 0.701. The normalized spacial score (nSPS) is 52.9. The predicted molar refractivity (Wildman–Crippen MR) is 55.0 cm³/mol. The van der Waals surface area contributed by atoms with E-state index in [0.29, 0.717) is 6.61 Å². The number of aliphatic hydroxyl groups is 1. The van der Waals surface area contributed by atoms with Crippen LogP contribution in [0, 0.1) is 0 Å². The molecule has 0 saturated carbocycles. The summed E-state index contributed by atoms with van der Waals surface area (Å²) in [6.07, 6.45) is -2.75. The van der Waals surface area contributed by atoms with E-state index in [1.54, 1.807) is 6.92 Å². The van der Waals surface area contributed by atoms with Crippen molar-refractivity contribution in [1.82, 2.24) is 0 Å². The maximum atomic E-state index is 10.1. The molecular formula is C11H18O6. The first kappa shape index (κ1) is 11.8. The summed E-state index contributed by atoms with van der Waals surface area (Å²) in [6, 6.07) is 0. The Morgan fingerprint density at radius 2 is 1.88 bits per heavy atom. The maximum Gasteiger partial charge on any atom is 0.190 e. The minimum atomic E-state index is -0.743. The van der Waals surface area contributed by atoms with Gasteiger partial charge in [-0.2, -0.15) is 0 Å². The summed E-state index contributed by atoms with van der Waals surface area (Å²) >= 11 is 0. The van der Waals surface area contributed by atoms with Gasteiger partial charge in [-0.3, -0.25) is 0 Å². The Morgan fingerprint density at radius 3 is 2.47 bits per heavy atom. The number of hydrogen-bond donors (Lipinski definition) is 1. The zero-order valence-electron chi connectivity index (χ0n) is 10.2. The monoisotopic (exact) mass is 246 g/mol. The van der Waals surface area contributed by atoms with Crippen LogP contribution >= 0.6 is 0 Å². The van der Waals surface area contributed by atoms with E-state index in [1.165, 1.54) is 0 Å². The van der Waals surface area contributed by atoms with Gasteiger partial charge in [0.15, 0.2) is 18.4 Å². The molecule has 6 heteroatoms. The average molecular weight is 246 g/mol. The van der Waals surface area contributed by atoms with Crippen LogP contribution in [-0.4, -0.2) is 54.5 Å². The van der Waals surface area contributed by atoms with Crippen LogP contribution in [0.4, 0.5) is 0 Å². The zero-order chi connectivity index (χ0) is 12.2. The Bertz CT molecular complexity index is 306. The van der Waals surface area contributed by atoms with E-state index < -0.39 is 30.4 Å². The molecule has 1 N–H and O–H groups in total. The van der Waals surface area contributed by atoms with Crippen LogP contribution in [0.2, 0.25) is 0 Å². The van der Waals surface area contributed by atoms with Crippen molar-refractivity contribution in [2.45, 2.75) is 63.6 Å². The first-order valence-electron chi connectivity index (χ1n) is 5.92. The minimum Gasteiger partial charge on any atom is -0.387 e. The molecule has 6 nitrogen and oxygen atoms in total. The Kier molecular flexibility index (Phi) is 2.70. The van der Waals surface area contributed by atoms with Gasteiger partial charge in [0.1, 0.15) is 24.4 Å². The van der Waals surface area contributed by atoms with E-state index in [9.17, 15) is 5.11 Å². The third-order valence-corrected chi connectivity index (χ3v) is 3.30. The van der Waals surface area contributed by atoms with Gasteiger partial charge in [0.2, 0.25) is 0 Å². The van der Waals surface area contributed by atoms with Crippen LogP contribution in [0.5, 0.6) is 0 Å². The summed E-state index contributed by atoms with van der Waals surface area (Å²) in [4.78, 5) is 0. The molecule has 98 valence electrons. The van der Waals surface area contributed by atoms with Crippen molar-refractivity contribution in [2.75, 3.05) is 6.61 Å². The summed E-state index contributed by atoms with van der Waals surface area (Å²) in [5.74, 6) is -0.625. The van der Waals surface area contributed by atoms with Crippen molar-refractivity contribution >= 4 is 0 Å². The molecule has 3 fully saturated rings. The lowest BCUT2D eigenvalue weighted by Gasteiger charge is -2.24. The van der Waals surface area contributed by atoms with Crippen molar-refractivity contribution in [2.24, 2.45) is 0 Å². The molecule has 3 aliphatic rings. The van der Waals surface area contributed by atoms with E-state index in [0.717, 1.165) is 0 Å². The highest BCUT2D eigenvalue weighted by atomic mass is 16.8. The molecule has 3 saturated heterocycles. The molecule has 0 aromatic rings. The molecule has 17 heavy (non-hydrogen) atoms. The van der Waals surface area contributed by atoms with Crippen LogP contribution in [0.15, 0.2) is 0 Å². The van der Waals surface area contributed by atoms with Crippen molar-refractivity contribution in [1.29, 1.82) is 0 Å². The van der Waals surface area contributed by atoms with Gasteiger partial charge >= 0.3 is 0 Å². The van der Waals surface area contributed by atoms with E-state index in [-0.39, 0.29) is 12.4 Å². The van der Waals surface area contributed by atoms with Gasteiger partial charge in [-0.15, -0.1) is 0 Å². The molecule has 0 spiro atoms. The summed E-state index contributed by atoms with van der Waals surface area (Å²) in [5.41, 5.74) is 0. The van der Waals surface area contributed by atoms with Gasteiger partial charge in [-0.25, -0.2) is 0 Å². The molecule has 0 aromatic carbocycles. The fourth-order valence-corrected chi connectivity index (χ4v) is 2.54. The molecule has 0 aromatic heterocycles. The first-order chi connectivity index (χ1) is 7.96. The van der Waals surface area contributed by atoms with Crippen LogP contribution < -0.4 is 0 Å². The summed E-state index contributed by atoms with van der Waals surface area (Å²) < 4.78 is 27.6. The number of rotatable bonds is 1. The van der Waals surface area contributed by atoms with Gasteiger partial charge in [0.25, 0.3) is 0 Å². The highest BCUT2D eigenvalue weighted by Gasteiger charge is 2.55. The van der Waals surface area contributed by atoms with Crippen LogP contribution in [0.3, 0.4) is 0 Å². The lowest BCUT2D eigenvalue weighted by Crippen LogP contribution is -2.41.